The Balaban J connectivity index is 1.91. The highest BCUT2D eigenvalue weighted by Crippen LogP contribution is 2.08. The van der Waals surface area contributed by atoms with Crippen LogP contribution in [0.3, 0.4) is 0 Å². The summed E-state index contributed by atoms with van der Waals surface area (Å²) in [5.41, 5.74) is 2.70. The SMILES string of the molecule is CC(=Cc1ccccc1)CN1CCOCC1. The molecule has 0 bridgehead atoms. The molecular formula is C14H19NO. The summed E-state index contributed by atoms with van der Waals surface area (Å²) in [5.74, 6) is 0. The summed E-state index contributed by atoms with van der Waals surface area (Å²) < 4.78 is 5.34. The largest absolute Gasteiger partial charge is 0.379 e. The quantitative estimate of drug-likeness (QED) is 0.771. The second-order valence-corrected chi connectivity index (χ2v) is 4.29. The molecule has 2 rings (SSSR count). The zero-order valence-electron chi connectivity index (χ0n) is 9.86. The Labute approximate surface area is 97.5 Å². The molecule has 1 heterocycles. The van der Waals surface area contributed by atoms with E-state index in [9.17, 15) is 0 Å². The van der Waals surface area contributed by atoms with Gasteiger partial charge in [0.15, 0.2) is 0 Å². The lowest BCUT2D eigenvalue weighted by atomic mass is 10.1. The van der Waals surface area contributed by atoms with E-state index in [0.29, 0.717) is 0 Å². The fourth-order valence-corrected chi connectivity index (χ4v) is 1.99. The van der Waals surface area contributed by atoms with Crippen molar-refractivity contribution in [2.24, 2.45) is 0 Å². The maximum absolute atomic E-state index is 5.34. The predicted octanol–water partition coefficient (Wildman–Crippen LogP) is 2.42. The second-order valence-electron chi connectivity index (χ2n) is 4.29. The highest BCUT2D eigenvalue weighted by Gasteiger charge is 2.09. The fourth-order valence-electron chi connectivity index (χ4n) is 1.99. The topological polar surface area (TPSA) is 12.5 Å². The molecule has 0 unspecified atom stereocenters. The van der Waals surface area contributed by atoms with Gasteiger partial charge in [0.25, 0.3) is 0 Å². The molecule has 0 amide bonds. The van der Waals surface area contributed by atoms with Gasteiger partial charge in [-0.05, 0) is 12.5 Å². The molecule has 0 radical (unpaired) electrons. The molecule has 1 aromatic carbocycles. The molecule has 1 saturated heterocycles. The Morgan fingerprint density at radius 2 is 1.94 bits per heavy atom. The average Bonchev–Trinajstić information content (AvgIpc) is 2.31. The van der Waals surface area contributed by atoms with Crippen LogP contribution in [-0.2, 0) is 4.74 Å². The van der Waals surface area contributed by atoms with Crippen LogP contribution >= 0.6 is 0 Å². The third kappa shape index (κ3) is 3.47. The molecule has 0 aliphatic carbocycles. The smallest absolute Gasteiger partial charge is 0.0594 e. The van der Waals surface area contributed by atoms with E-state index >= 15 is 0 Å². The van der Waals surface area contributed by atoms with E-state index in [1.165, 1.54) is 11.1 Å². The number of nitrogens with zero attached hydrogens (tertiary/aromatic N) is 1. The first-order chi connectivity index (χ1) is 7.84. The van der Waals surface area contributed by atoms with Gasteiger partial charge >= 0.3 is 0 Å². The van der Waals surface area contributed by atoms with E-state index < -0.39 is 0 Å². The summed E-state index contributed by atoms with van der Waals surface area (Å²) in [5, 5.41) is 0. The van der Waals surface area contributed by atoms with Crippen LogP contribution in [0.1, 0.15) is 12.5 Å². The fraction of sp³-hybridized carbons (Fsp3) is 0.429. The Morgan fingerprint density at radius 1 is 1.25 bits per heavy atom. The van der Waals surface area contributed by atoms with Gasteiger partial charge in [0.2, 0.25) is 0 Å². The molecule has 0 saturated carbocycles. The van der Waals surface area contributed by atoms with E-state index in [4.69, 9.17) is 4.74 Å². The molecule has 86 valence electrons. The second kappa shape index (κ2) is 5.83. The van der Waals surface area contributed by atoms with Crippen molar-refractivity contribution in [2.45, 2.75) is 6.92 Å². The summed E-state index contributed by atoms with van der Waals surface area (Å²) in [6.07, 6.45) is 2.26. The zero-order chi connectivity index (χ0) is 11.2. The van der Waals surface area contributed by atoms with Crippen molar-refractivity contribution in [3.8, 4) is 0 Å². The van der Waals surface area contributed by atoms with Gasteiger partial charge in [-0.3, -0.25) is 4.90 Å². The van der Waals surface area contributed by atoms with Gasteiger partial charge in [0.05, 0.1) is 13.2 Å². The van der Waals surface area contributed by atoms with E-state index in [0.717, 1.165) is 32.8 Å². The average molecular weight is 217 g/mol. The highest BCUT2D eigenvalue weighted by molar-refractivity contribution is 5.52. The van der Waals surface area contributed by atoms with Gasteiger partial charge in [0, 0.05) is 19.6 Å². The molecule has 0 N–H and O–H groups in total. The molecule has 1 aromatic rings. The first-order valence-corrected chi connectivity index (χ1v) is 5.87. The van der Waals surface area contributed by atoms with Crippen LogP contribution in [0.25, 0.3) is 6.08 Å². The van der Waals surface area contributed by atoms with Crippen LogP contribution in [0.4, 0.5) is 0 Å². The Kier molecular flexibility index (Phi) is 4.14. The Hall–Kier alpha value is -1.12. The highest BCUT2D eigenvalue weighted by atomic mass is 16.5. The molecule has 0 spiro atoms. The minimum atomic E-state index is 0.874. The minimum absolute atomic E-state index is 0.874. The molecule has 16 heavy (non-hydrogen) atoms. The van der Waals surface area contributed by atoms with E-state index in [-0.39, 0.29) is 0 Å². The van der Waals surface area contributed by atoms with Crippen LogP contribution in [0.5, 0.6) is 0 Å². The third-order valence-electron chi connectivity index (χ3n) is 2.79. The predicted molar refractivity (Wildman–Crippen MR) is 67.4 cm³/mol. The summed E-state index contributed by atoms with van der Waals surface area (Å²) >= 11 is 0. The van der Waals surface area contributed by atoms with E-state index in [1.54, 1.807) is 0 Å². The monoisotopic (exact) mass is 217 g/mol. The Morgan fingerprint density at radius 3 is 2.62 bits per heavy atom. The lowest BCUT2D eigenvalue weighted by Gasteiger charge is -2.26. The van der Waals surface area contributed by atoms with Crippen molar-refractivity contribution in [2.75, 3.05) is 32.8 Å². The minimum Gasteiger partial charge on any atom is -0.379 e. The lowest BCUT2D eigenvalue weighted by molar-refractivity contribution is 0.0424. The number of benzene rings is 1. The molecule has 2 nitrogen and oxygen atoms in total. The number of rotatable bonds is 3. The molecule has 0 aromatic heterocycles. The summed E-state index contributed by atoms with van der Waals surface area (Å²) in [4.78, 5) is 2.44. The van der Waals surface area contributed by atoms with Crippen LogP contribution < -0.4 is 0 Å². The van der Waals surface area contributed by atoms with Crippen molar-refractivity contribution in [1.82, 2.24) is 4.90 Å². The maximum atomic E-state index is 5.34. The third-order valence-corrected chi connectivity index (χ3v) is 2.79. The number of hydrogen-bond donors (Lipinski definition) is 0. The standard InChI is InChI=1S/C14H19NO/c1-13(11-14-5-3-2-4-6-14)12-15-7-9-16-10-8-15/h2-6,11H,7-10,12H2,1H3. The summed E-state index contributed by atoms with van der Waals surface area (Å²) in [6.45, 7) is 7.11. The number of morpholine rings is 1. The van der Waals surface area contributed by atoms with Gasteiger partial charge in [0.1, 0.15) is 0 Å². The molecule has 0 atom stereocenters. The lowest BCUT2D eigenvalue weighted by Crippen LogP contribution is -2.37. The van der Waals surface area contributed by atoms with Gasteiger partial charge in [-0.2, -0.15) is 0 Å². The maximum Gasteiger partial charge on any atom is 0.0594 e. The Bertz CT molecular complexity index is 339. The number of hydrogen-bond acceptors (Lipinski definition) is 2. The van der Waals surface area contributed by atoms with Crippen LogP contribution in [0.2, 0.25) is 0 Å². The first-order valence-electron chi connectivity index (χ1n) is 5.87. The van der Waals surface area contributed by atoms with Gasteiger partial charge in [-0.1, -0.05) is 42.0 Å². The summed E-state index contributed by atoms with van der Waals surface area (Å²) in [6, 6.07) is 10.5. The zero-order valence-corrected chi connectivity index (χ0v) is 9.86. The van der Waals surface area contributed by atoms with Gasteiger partial charge in [-0.25, -0.2) is 0 Å². The van der Waals surface area contributed by atoms with Crippen LogP contribution in [0, 0.1) is 0 Å². The van der Waals surface area contributed by atoms with Crippen molar-refractivity contribution < 1.29 is 4.74 Å². The molecule has 2 heteroatoms. The number of ether oxygens (including phenoxy) is 1. The van der Waals surface area contributed by atoms with Crippen LogP contribution in [0.15, 0.2) is 35.9 Å². The van der Waals surface area contributed by atoms with Gasteiger partial charge < -0.3 is 4.74 Å². The normalized spacial score (nSPS) is 18.7. The molecule has 1 fully saturated rings. The summed E-state index contributed by atoms with van der Waals surface area (Å²) in [7, 11) is 0. The van der Waals surface area contributed by atoms with Crippen molar-refractivity contribution >= 4 is 6.08 Å². The van der Waals surface area contributed by atoms with Gasteiger partial charge in [-0.15, -0.1) is 0 Å². The molecule has 1 aliphatic heterocycles. The van der Waals surface area contributed by atoms with Crippen molar-refractivity contribution in [1.29, 1.82) is 0 Å². The van der Waals surface area contributed by atoms with Crippen molar-refractivity contribution in [3.05, 3.63) is 41.5 Å². The first kappa shape index (κ1) is 11.4. The van der Waals surface area contributed by atoms with E-state index in [2.05, 4.69) is 48.2 Å². The molecular weight excluding hydrogens is 198 g/mol. The van der Waals surface area contributed by atoms with E-state index in [1.807, 2.05) is 0 Å². The van der Waals surface area contributed by atoms with Crippen molar-refractivity contribution in [3.63, 3.8) is 0 Å². The molecule has 1 aliphatic rings. The van der Waals surface area contributed by atoms with Crippen LogP contribution in [-0.4, -0.2) is 37.7 Å².